The minimum Gasteiger partial charge on any atom is -0.399 e. The highest BCUT2D eigenvalue weighted by Gasteiger charge is 2.14. The van der Waals surface area contributed by atoms with E-state index in [0.717, 1.165) is 20.8 Å². The van der Waals surface area contributed by atoms with Crippen LogP contribution in [0.15, 0.2) is 59.1 Å². The van der Waals surface area contributed by atoms with Crippen LogP contribution in [0, 0.1) is 6.92 Å². The van der Waals surface area contributed by atoms with E-state index < -0.39 is 0 Å². The molecule has 0 fully saturated rings. The first-order valence-corrected chi connectivity index (χ1v) is 7.44. The summed E-state index contributed by atoms with van der Waals surface area (Å²) in [7, 11) is 0. The Balaban J connectivity index is 2.20. The Bertz CT molecular complexity index is 835. The summed E-state index contributed by atoms with van der Waals surface area (Å²) in [5.74, 6) is -0.0146. The molecule has 0 atom stereocenters. The number of fused-ring (bicyclic) bond motifs is 1. The van der Waals surface area contributed by atoms with Crippen LogP contribution in [-0.4, -0.2) is 5.78 Å². The number of halogens is 1. The maximum absolute atomic E-state index is 12.8. The van der Waals surface area contributed by atoms with Gasteiger partial charge in [-0.05, 0) is 41.5 Å². The molecular formula is C18H14BrNO. The van der Waals surface area contributed by atoms with E-state index in [9.17, 15) is 4.79 Å². The van der Waals surface area contributed by atoms with Gasteiger partial charge in [-0.1, -0.05) is 52.3 Å². The van der Waals surface area contributed by atoms with Gasteiger partial charge in [0, 0.05) is 21.3 Å². The van der Waals surface area contributed by atoms with E-state index in [2.05, 4.69) is 15.9 Å². The zero-order valence-corrected chi connectivity index (χ0v) is 13.1. The standard InChI is InChI=1S/C18H14BrNO/c1-11-6-7-17(16-5-3-2-4-15(11)16)18(21)12-8-13(19)10-14(20)9-12/h2-10H,20H2,1H3. The van der Waals surface area contributed by atoms with Crippen LogP contribution in [0.3, 0.4) is 0 Å². The molecule has 0 heterocycles. The van der Waals surface area contributed by atoms with E-state index in [-0.39, 0.29) is 5.78 Å². The lowest BCUT2D eigenvalue weighted by molar-refractivity contribution is 0.104. The smallest absolute Gasteiger partial charge is 0.193 e. The van der Waals surface area contributed by atoms with Crippen LogP contribution in [0.2, 0.25) is 0 Å². The summed E-state index contributed by atoms with van der Waals surface area (Å²) < 4.78 is 0.808. The number of hydrogen-bond acceptors (Lipinski definition) is 2. The molecule has 0 aliphatic heterocycles. The molecule has 0 saturated carbocycles. The second-order valence-corrected chi connectivity index (χ2v) is 5.99. The number of carbonyl (C=O) groups is 1. The normalized spacial score (nSPS) is 10.8. The van der Waals surface area contributed by atoms with Gasteiger partial charge in [-0.3, -0.25) is 4.79 Å². The molecule has 3 aromatic rings. The Labute approximate surface area is 131 Å². The van der Waals surface area contributed by atoms with E-state index >= 15 is 0 Å². The molecule has 2 N–H and O–H groups in total. The minimum atomic E-state index is -0.0146. The Morgan fingerprint density at radius 1 is 1.00 bits per heavy atom. The van der Waals surface area contributed by atoms with E-state index in [0.29, 0.717) is 16.8 Å². The van der Waals surface area contributed by atoms with E-state index in [1.807, 2.05) is 43.3 Å². The zero-order chi connectivity index (χ0) is 15.0. The average Bonchev–Trinajstić information content (AvgIpc) is 2.46. The molecule has 2 nitrogen and oxygen atoms in total. The summed E-state index contributed by atoms with van der Waals surface area (Å²) in [5, 5.41) is 2.08. The summed E-state index contributed by atoms with van der Waals surface area (Å²) in [4.78, 5) is 12.8. The summed E-state index contributed by atoms with van der Waals surface area (Å²) in [6.07, 6.45) is 0. The first-order valence-electron chi connectivity index (χ1n) is 6.65. The Kier molecular flexibility index (Phi) is 3.52. The molecule has 3 aromatic carbocycles. The van der Waals surface area contributed by atoms with Crippen LogP contribution in [0.4, 0.5) is 5.69 Å². The molecule has 0 unspecified atom stereocenters. The average molecular weight is 340 g/mol. The Hall–Kier alpha value is -2.13. The fraction of sp³-hybridized carbons (Fsp3) is 0.0556. The highest BCUT2D eigenvalue weighted by molar-refractivity contribution is 9.10. The lowest BCUT2D eigenvalue weighted by Crippen LogP contribution is -2.03. The van der Waals surface area contributed by atoms with Crippen molar-refractivity contribution in [2.75, 3.05) is 5.73 Å². The summed E-state index contributed by atoms with van der Waals surface area (Å²) in [6.45, 7) is 2.05. The van der Waals surface area contributed by atoms with Gasteiger partial charge in [0.15, 0.2) is 5.78 Å². The number of anilines is 1. The van der Waals surface area contributed by atoms with E-state index in [4.69, 9.17) is 5.73 Å². The number of ketones is 1. The molecule has 3 rings (SSSR count). The molecule has 104 valence electrons. The number of rotatable bonds is 2. The fourth-order valence-electron chi connectivity index (χ4n) is 2.55. The van der Waals surface area contributed by atoms with Crippen molar-refractivity contribution in [3.63, 3.8) is 0 Å². The van der Waals surface area contributed by atoms with Gasteiger partial charge >= 0.3 is 0 Å². The molecule has 0 aliphatic rings. The molecule has 0 amide bonds. The van der Waals surface area contributed by atoms with Gasteiger partial charge in [-0.25, -0.2) is 0 Å². The quantitative estimate of drug-likeness (QED) is 0.542. The Morgan fingerprint density at radius 3 is 2.43 bits per heavy atom. The molecule has 3 heteroatoms. The van der Waals surface area contributed by atoms with Crippen molar-refractivity contribution in [2.45, 2.75) is 6.92 Å². The van der Waals surface area contributed by atoms with E-state index in [1.165, 1.54) is 0 Å². The van der Waals surface area contributed by atoms with Gasteiger partial charge in [0.1, 0.15) is 0 Å². The first kappa shape index (κ1) is 13.8. The van der Waals surface area contributed by atoms with Gasteiger partial charge in [-0.2, -0.15) is 0 Å². The van der Waals surface area contributed by atoms with Crippen molar-refractivity contribution in [3.8, 4) is 0 Å². The third-order valence-electron chi connectivity index (χ3n) is 3.57. The molecular weight excluding hydrogens is 326 g/mol. The number of hydrogen-bond donors (Lipinski definition) is 1. The van der Waals surface area contributed by atoms with Crippen LogP contribution in [-0.2, 0) is 0 Å². The fourth-order valence-corrected chi connectivity index (χ4v) is 3.06. The molecule has 0 radical (unpaired) electrons. The first-order chi connectivity index (χ1) is 10.1. The molecule has 21 heavy (non-hydrogen) atoms. The van der Waals surface area contributed by atoms with E-state index in [1.54, 1.807) is 18.2 Å². The van der Waals surface area contributed by atoms with Gasteiger partial charge in [0.05, 0.1) is 0 Å². The van der Waals surface area contributed by atoms with Gasteiger partial charge in [-0.15, -0.1) is 0 Å². The van der Waals surface area contributed by atoms with Crippen molar-refractivity contribution in [1.29, 1.82) is 0 Å². The Morgan fingerprint density at radius 2 is 1.71 bits per heavy atom. The third-order valence-corrected chi connectivity index (χ3v) is 4.03. The second-order valence-electron chi connectivity index (χ2n) is 5.08. The van der Waals surface area contributed by atoms with Crippen molar-refractivity contribution in [1.82, 2.24) is 0 Å². The van der Waals surface area contributed by atoms with Crippen molar-refractivity contribution >= 4 is 38.2 Å². The molecule has 0 bridgehead atoms. The number of aryl methyl sites for hydroxylation is 1. The lowest BCUT2D eigenvalue weighted by atomic mass is 9.95. The van der Waals surface area contributed by atoms with Gasteiger partial charge < -0.3 is 5.73 Å². The maximum atomic E-state index is 12.8. The molecule has 0 spiro atoms. The SMILES string of the molecule is Cc1ccc(C(=O)c2cc(N)cc(Br)c2)c2ccccc12. The summed E-state index contributed by atoms with van der Waals surface area (Å²) in [6, 6.07) is 17.1. The van der Waals surface area contributed by atoms with Crippen molar-refractivity contribution in [2.24, 2.45) is 0 Å². The van der Waals surface area contributed by atoms with Crippen LogP contribution >= 0.6 is 15.9 Å². The van der Waals surface area contributed by atoms with Gasteiger partial charge in [0.2, 0.25) is 0 Å². The monoisotopic (exact) mass is 339 g/mol. The highest BCUT2D eigenvalue weighted by atomic mass is 79.9. The third kappa shape index (κ3) is 2.57. The summed E-state index contributed by atoms with van der Waals surface area (Å²) >= 11 is 3.38. The highest BCUT2D eigenvalue weighted by Crippen LogP contribution is 2.26. The second kappa shape index (κ2) is 5.34. The largest absolute Gasteiger partial charge is 0.399 e. The van der Waals surface area contributed by atoms with Crippen molar-refractivity contribution in [3.05, 3.63) is 75.8 Å². The van der Waals surface area contributed by atoms with Crippen LogP contribution in [0.1, 0.15) is 21.5 Å². The summed E-state index contributed by atoms with van der Waals surface area (Å²) in [5.41, 5.74) is 8.86. The molecule has 0 aliphatic carbocycles. The topological polar surface area (TPSA) is 43.1 Å². The van der Waals surface area contributed by atoms with Crippen molar-refractivity contribution < 1.29 is 4.79 Å². The zero-order valence-electron chi connectivity index (χ0n) is 11.6. The molecule has 0 saturated heterocycles. The maximum Gasteiger partial charge on any atom is 0.193 e. The molecule has 0 aromatic heterocycles. The minimum absolute atomic E-state index is 0.0146. The van der Waals surface area contributed by atoms with Crippen LogP contribution < -0.4 is 5.73 Å². The number of benzene rings is 3. The number of nitrogen functional groups attached to an aromatic ring is 1. The van der Waals surface area contributed by atoms with Gasteiger partial charge in [0.25, 0.3) is 0 Å². The predicted molar refractivity (Wildman–Crippen MR) is 90.7 cm³/mol. The van der Waals surface area contributed by atoms with Crippen LogP contribution in [0.5, 0.6) is 0 Å². The predicted octanol–water partition coefficient (Wildman–Crippen LogP) is 4.72. The number of carbonyl (C=O) groups excluding carboxylic acids is 1. The number of nitrogens with two attached hydrogens (primary N) is 1. The lowest BCUT2D eigenvalue weighted by Gasteiger charge is -2.09. The van der Waals surface area contributed by atoms with Crippen LogP contribution in [0.25, 0.3) is 10.8 Å².